The lowest BCUT2D eigenvalue weighted by molar-refractivity contribution is 0.186. The maximum absolute atomic E-state index is 5.05. The fraction of sp³-hybridized carbons (Fsp3) is 0.800. The Morgan fingerprint density at radius 2 is 2.60 bits per heavy atom. The molecule has 2 rings (SSSR count). The van der Waals surface area contributed by atoms with Gasteiger partial charge < -0.3 is 14.6 Å². The van der Waals surface area contributed by atoms with E-state index in [1.54, 1.807) is 13.4 Å². The van der Waals surface area contributed by atoms with E-state index in [4.69, 9.17) is 4.74 Å². The molecule has 0 saturated carbocycles. The predicted molar refractivity (Wildman–Crippen MR) is 56.6 cm³/mol. The van der Waals surface area contributed by atoms with Crippen LogP contribution in [0.25, 0.3) is 0 Å². The SMILES string of the molecule is COCCn1cnnc1CC1CCNC1. The van der Waals surface area contributed by atoms with Crippen molar-refractivity contribution >= 4 is 0 Å². The minimum atomic E-state index is 0.716. The Hall–Kier alpha value is -0.940. The molecule has 0 aromatic carbocycles. The van der Waals surface area contributed by atoms with E-state index in [-0.39, 0.29) is 0 Å². The van der Waals surface area contributed by atoms with Crippen LogP contribution in [0.3, 0.4) is 0 Å². The van der Waals surface area contributed by atoms with Crippen LogP contribution in [0.4, 0.5) is 0 Å². The third-order valence-corrected chi connectivity index (χ3v) is 2.87. The third kappa shape index (κ3) is 2.76. The molecular formula is C10H18N4O. The number of ether oxygens (including phenoxy) is 1. The van der Waals surface area contributed by atoms with Gasteiger partial charge in [0, 0.05) is 20.1 Å². The van der Waals surface area contributed by atoms with E-state index in [0.717, 1.165) is 37.8 Å². The third-order valence-electron chi connectivity index (χ3n) is 2.87. The fourth-order valence-corrected chi connectivity index (χ4v) is 1.96. The van der Waals surface area contributed by atoms with Crippen molar-refractivity contribution < 1.29 is 4.74 Å². The van der Waals surface area contributed by atoms with E-state index in [9.17, 15) is 0 Å². The molecule has 84 valence electrons. The lowest BCUT2D eigenvalue weighted by atomic mass is 10.0. The average molecular weight is 210 g/mol. The molecule has 1 N–H and O–H groups in total. The second-order valence-corrected chi connectivity index (χ2v) is 4.00. The highest BCUT2D eigenvalue weighted by Crippen LogP contribution is 2.13. The molecule has 1 aliphatic rings. The van der Waals surface area contributed by atoms with Crippen molar-refractivity contribution in [3.05, 3.63) is 12.2 Å². The van der Waals surface area contributed by atoms with Gasteiger partial charge in [-0.3, -0.25) is 0 Å². The Balaban J connectivity index is 1.91. The summed E-state index contributed by atoms with van der Waals surface area (Å²) in [5, 5.41) is 11.5. The van der Waals surface area contributed by atoms with E-state index < -0.39 is 0 Å². The van der Waals surface area contributed by atoms with E-state index in [0.29, 0.717) is 6.61 Å². The summed E-state index contributed by atoms with van der Waals surface area (Å²) in [5.74, 6) is 1.80. The maximum Gasteiger partial charge on any atom is 0.133 e. The molecule has 5 nitrogen and oxygen atoms in total. The number of hydrogen-bond acceptors (Lipinski definition) is 4. The highest BCUT2D eigenvalue weighted by Gasteiger charge is 2.17. The molecule has 1 fully saturated rings. The first kappa shape index (κ1) is 10.6. The summed E-state index contributed by atoms with van der Waals surface area (Å²) in [6, 6.07) is 0. The highest BCUT2D eigenvalue weighted by atomic mass is 16.5. The first-order valence-corrected chi connectivity index (χ1v) is 5.46. The lowest BCUT2D eigenvalue weighted by Crippen LogP contribution is -2.14. The Morgan fingerprint density at radius 3 is 3.33 bits per heavy atom. The van der Waals surface area contributed by atoms with Crippen LogP contribution in [0.5, 0.6) is 0 Å². The molecule has 0 aliphatic carbocycles. The Bertz CT molecular complexity index is 293. The van der Waals surface area contributed by atoms with Crippen molar-refractivity contribution in [3.63, 3.8) is 0 Å². The van der Waals surface area contributed by atoms with Gasteiger partial charge in [0.25, 0.3) is 0 Å². The predicted octanol–water partition coefficient (Wildman–Crippen LogP) is 0.0765. The van der Waals surface area contributed by atoms with Gasteiger partial charge in [0.15, 0.2) is 0 Å². The summed E-state index contributed by atoms with van der Waals surface area (Å²) < 4.78 is 7.14. The molecule has 0 spiro atoms. The van der Waals surface area contributed by atoms with E-state index >= 15 is 0 Å². The van der Waals surface area contributed by atoms with E-state index in [2.05, 4.69) is 20.1 Å². The number of hydrogen-bond donors (Lipinski definition) is 1. The van der Waals surface area contributed by atoms with Gasteiger partial charge in [0.2, 0.25) is 0 Å². The van der Waals surface area contributed by atoms with Crippen molar-refractivity contribution in [2.24, 2.45) is 5.92 Å². The first-order valence-electron chi connectivity index (χ1n) is 5.46. The minimum Gasteiger partial charge on any atom is -0.383 e. The molecule has 1 saturated heterocycles. The Kier molecular flexibility index (Phi) is 3.69. The van der Waals surface area contributed by atoms with Crippen LogP contribution >= 0.6 is 0 Å². The van der Waals surface area contributed by atoms with Gasteiger partial charge in [-0.1, -0.05) is 0 Å². The minimum absolute atomic E-state index is 0.716. The largest absolute Gasteiger partial charge is 0.383 e. The van der Waals surface area contributed by atoms with Gasteiger partial charge in [-0.15, -0.1) is 10.2 Å². The van der Waals surface area contributed by atoms with Gasteiger partial charge in [0.05, 0.1) is 6.61 Å². The zero-order valence-electron chi connectivity index (χ0n) is 9.15. The Morgan fingerprint density at radius 1 is 1.67 bits per heavy atom. The van der Waals surface area contributed by atoms with Gasteiger partial charge in [-0.25, -0.2) is 0 Å². The molecular weight excluding hydrogens is 192 g/mol. The monoisotopic (exact) mass is 210 g/mol. The van der Waals surface area contributed by atoms with Crippen molar-refractivity contribution in [2.75, 3.05) is 26.8 Å². The van der Waals surface area contributed by atoms with Crippen LogP contribution in [0.1, 0.15) is 12.2 Å². The highest BCUT2D eigenvalue weighted by molar-refractivity contribution is 4.90. The molecule has 1 unspecified atom stereocenters. The van der Waals surface area contributed by atoms with E-state index in [1.165, 1.54) is 6.42 Å². The number of nitrogens with zero attached hydrogens (tertiary/aromatic N) is 3. The number of rotatable bonds is 5. The molecule has 5 heteroatoms. The second-order valence-electron chi connectivity index (χ2n) is 4.00. The van der Waals surface area contributed by atoms with Crippen molar-refractivity contribution in [1.82, 2.24) is 20.1 Å². The molecule has 0 amide bonds. The molecule has 1 atom stereocenters. The summed E-state index contributed by atoms with van der Waals surface area (Å²) in [6.07, 6.45) is 4.06. The fourth-order valence-electron chi connectivity index (χ4n) is 1.96. The molecule has 0 bridgehead atoms. The zero-order valence-corrected chi connectivity index (χ0v) is 9.15. The van der Waals surface area contributed by atoms with Crippen LogP contribution in [0.15, 0.2) is 6.33 Å². The van der Waals surface area contributed by atoms with Crippen molar-refractivity contribution in [3.8, 4) is 0 Å². The summed E-state index contributed by atoms with van der Waals surface area (Å²) in [6.45, 7) is 3.81. The van der Waals surface area contributed by atoms with Crippen LogP contribution in [0, 0.1) is 5.92 Å². The summed E-state index contributed by atoms with van der Waals surface area (Å²) in [7, 11) is 1.71. The molecule has 2 heterocycles. The second kappa shape index (κ2) is 5.23. The summed E-state index contributed by atoms with van der Waals surface area (Å²) in [5.41, 5.74) is 0. The maximum atomic E-state index is 5.05. The molecule has 0 radical (unpaired) electrons. The van der Waals surface area contributed by atoms with Crippen molar-refractivity contribution in [1.29, 1.82) is 0 Å². The molecule has 1 aliphatic heterocycles. The topological polar surface area (TPSA) is 52.0 Å². The lowest BCUT2D eigenvalue weighted by Gasteiger charge is -2.09. The van der Waals surface area contributed by atoms with Gasteiger partial charge in [0.1, 0.15) is 12.2 Å². The van der Waals surface area contributed by atoms with E-state index in [1.807, 2.05) is 0 Å². The summed E-state index contributed by atoms with van der Waals surface area (Å²) >= 11 is 0. The molecule has 1 aromatic heterocycles. The van der Waals surface area contributed by atoms with Crippen LogP contribution < -0.4 is 5.32 Å². The molecule has 15 heavy (non-hydrogen) atoms. The normalized spacial score (nSPS) is 21.0. The average Bonchev–Trinajstić information content (AvgIpc) is 2.87. The van der Waals surface area contributed by atoms with Crippen LogP contribution in [-0.4, -0.2) is 41.6 Å². The summed E-state index contributed by atoms with van der Waals surface area (Å²) in [4.78, 5) is 0. The van der Waals surface area contributed by atoms with Gasteiger partial charge in [-0.05, 0) is 25.4 Å². The van der Waals surface area contributed by atoms with Crippen LogP contribution in [-0.2, 0) is 17.7 Å². The molecule has 1 aromatic rings. The van der Waals surface area contributed by atoms with Crippen LogP contribution in [0.2, 0.25) is 0 Å². The van der Waals surface area contributed by atoms with Crippen molar-refractivity contribution in [2.45, 2.75) is 19.4 Å². The quantitative estimate of drug-likeness (QED) is 0.747. The van der Waals surface area contributed by atoms with Gasteiger partial charge in [-0.2, -0.15) is 0 Å². The first-order chi connectivity index (χ1) is 7.40. The smallest absolute Gasteiger partial charge is 0.133 e. The van der Waals surface area contributed by atoms with Gasteiger partial charge >= 0.3 is 0 Å². The Labute approximate surface area is 89.8 Å². The number of methoxy groups -OCH3 is 1. The zero-order chi connectivity index (χ0) is 10.5. The number of nitrogens with one attached hydrogen (secondary N) is 1. The number of aromatic nitrogens is 3. The standard InChI is InChI=1S/C10H18N4O/c1-15-5-4-14-8-12-13-10(14)6-9-2-3-11-7-9/h8-9,11H,2-7H2,1H3.